The average Bonchev–Trinajstić information content (AvgIpc) is 3.20. The maximum absolute atomic E-state index is 12.9. The first-order chi connectivity index (χ1) is 14.7. The van der Waals surface area contributed by atoms with Gasteiger partial charge in [0.15, 0.2) is 12.4 Å². The molecule has 1 fully saturated rings. The summed E-state index contributed by atoms with van der Waals surface area (Å²) in [7, 11) is 0. The lowest BCUT2D eigenvalue weighted by Crippen LogP contribution is -2.48. The zero-order valence-corrected chi connectivity index (χ0v) is 16.4. The molecule has 0 atom stereocenters. The van der Waals surface area contributed by atoms with Crippen LogP contribution in [-0.2, 0) is 6.61 Å². The number of carbonyl (C=O) groups is 1. The van der Waals surface area contributed by atoms with Crippen molar-refractivity contribution in [3.63, 3.8) is 0 Å². The van der Waals surface area contributed by atoms with Crippen molar-refractivity contribution in [1.29, 1.82) is 0 Å². The first kappa shape index (κ1) is 18.2. The summed E-state index contributed by atoms with van der Waals surface area (Å²) in [6, 6.07) is 13.2. The van der Waals surface area contributed by atoms with Crippen LogP contribution in [0.1, 0.15) is 33.6 Å². The monoisotopic (exact) mass is 401 g/mol. The normalized spacial score (nSPS) is 14.0. The number of aryl methyl sites for hydroxylation is 1. The molecule has 0 aliphatic carbocycles. The second-order valence-corrected chi connectivity index (χ2v) is 7.28. The second-order valence-electron chi connectivity index (χ2n) is 7.28. The molecule has 1 saturated heterocycles. The summed E-state index contributed by atoms with van der Waals surface area (Å²) in [5, 5.41) is 4.05. The van der Waals surface area contributed by atoms with Gasteiger partial charge in [0.1, 0.15) is 11.3 Å². The van der Waals surface area contributed by atoms with E-state index in [1.54, 1.807) is 23.4 Å². The highest BCUT2D eigenvalue weighted by Crippen LogP contribution is 2.28. The van der Waals surface area contributed by atoms with Gasteiger partial charge in [-0.3, -0.25) is 14.8 Å². The highest BCUT2D eigenvalue weighted by atomic mass is 16.5. The van der Waals surface area contributed by atoms with E-state index in [4.69, 9.17) is 9.26 Å². The van der Waals surface area contributed by atoms with Gasteiger partial charge in [-0.2, -0.15) is 4.98 Å². The molecule has 3 heterocycles. The molecule has 4 aromatic rings. The van der Waals surface area contributed by atoms with Crippen LogP contribution in [0.15, 0.2) is 59.4 Å². The smallest absolute Gasteiger partial charge is 0.264 e. The summed E-state index contributed by atoms with van der Waals surface area (Å²) in [5.41, 5.74) is 3.04. The van der Waals surface area contributed by atoms with Gasteiger partial charge in [0.2, 0.25) is 0 Å². The minimum absolute atomic E-state index is 0.0480. The summed E-state index contributed by atoms with van der Waals surface area (Å²) < 4.78 is 11.0. The van der Waals surface area contributed by atoms with E-state index in [0.29, 0.717) is 41.4 Å². The van der Waals surface area contributed by atoms with Crippen LogP contribution in [0.4, 0.5) is 0 Å². The Hall–Kier alpha value is -3.81. The molecular weight excluding hydrogens is 382 g/mol. The first-order valence-electron chi connectivity index (χ1n) is 9.68. The van der Waals surface area contributed by atoms with Crippen molar-refractivity contribution in [2.45, 2.75) is 19.4 Å². The summed E-state index contributed by atoms with van der Waals surface area (Å²) in [6.07, 6.45) is 3.21. The van der Waals surface area contributed by atoms with Crippen molar-refractivity contribution >= 4 is 16.9 Å². The van der Waals surface area contributed by atoms with Crippen LogP contribution in [0, 0.1) is 6.92 Å². The van der Waals surface area contributed by atoms with Gasteiger partial charge >= 0.3 is 0 Å². The summed E-state index contributed by atoms with van der Waals surface area (Å²) in [5.74, 6) is 1.74. The molecule has 150 valence electrons. The molecule has 0 saturated carbocycles. The molecule has 1 amide bonds. The number of fused-ring (bicyclic) bond motifs is 1. The Balaban J connectivity index is 1.21. The van der Waals surface area contributed by atoms with E-state index in [1.807, 2.05) is 43.3 Å². The van der Waals surface area contributed by atoms with E-state index >= 15 is 0 Å². The van der Waals surface area contributed by atoms with Gasteiger partial charge in [0.05, 0.1) is 17.0 Å². The van der Waals surface area contributed by atoms with Crippen LogP contribution in [0.3, 0.4) is 0 Å². The standard InChI is InChI=1S/C22H19N5O3/c1-14-5-7-16(8-6-14)29-13-19-25-21(26-30-19)15-11-27(12-15)22(28)17-3-2-4-18-20(17)24-10-9-23-18/h2-10,15H,11-13H2,1H3. The quantitative estimate of drug-likeness (QED) is 0.507. The van der Waals surface area contributed by atoms with Crippen LogP contribution < -0.4 is 4.74 Å². The molecule has 8 heteroatoms. The lowest BCUT2D eigenvalue weighted by molar-refractivity contribution is 0.0594. The fraction of sp³-hybridized carbons (Fsp3) is 0.227. The molecule has 5 rings (SSSR count). The van der Waals surface area contributed by atoms with Gasteiger partial charge in [-0.25, -0.2) is 0 Å². The van der Waals surface area contributed by atoms with Gasteiger partial charge in [0, 0.05) is 25.5 Å². The molecule has 0 spiro atoms. The molecule has 0 bridgehead atoms. The minimum Gasteiger partial charge on any atom is -0.484 e. The van der Waals surface area contributed by atoms with E-state index in [2.05, 4.69) is 20.1 Å². The first-order valence-corrected chi connectivity index (χ1v) is 9.68. The zero-order valence-electron chi connectivity index (χ0n) is 16.4. The third-order valence-corrected chi connectivity index (χ3v) is 5.13. The molecule has 0 unspecified atom stereocenters. The lowest BCUT2D eigenvalue weighted by Gasteiger charge is -2.37. The molecule has 0 N–H and O–H groups in total. The number of hydrogen-bond donors (Lipinski definition) is 0. The number of hydrogen-bond acceptors (Lipinski definition) is 7. The Morgan fingerprint density at radius 2 is 1.93 bits per heavy atom. The Morgan fingerprint density at radius 1 is 1.13 bits per heavy atom. The number of rotatable bonds is 5. The van der Waals surface area contributed by atoms with Gasteiger partial charge in [-0.15, -0.1) is 0 Å². The maximum Gasteiger partial charge on any atom is 0.264 e. The highest BCUT2D eigenvalue weighted by molar-refractivity contribution is 6.04. The summed E-state index contributed by atoms with van der Waals surface area (Å²) in [6.45, 7) is 3.30. The summed E-state index contributed by atoms with van der Waals surface area (Å²) in [4.78, 5) is 27.6. The number of likely N-dealkylation sites (tertiary alicyclic amines) is 1. The van der Waals surface area contributed by atoms with Crippen LogP contribution >= 0.6 is 0 Å². The molecule has 8 nitrogen and oxygen atoms in total. The SMILES string of the molecule is Cc1ccc(OCc2nc(C3CN(C(=O)c4cccc5nccnc45)C3)no2)cc1. The zero-order chi connectivity index (χ0) is 20.5. The van der Waals surface area contributed by atoms with Crippen molar-refractivity contribution in [3.8, 4) is 5.75 Å². The average molecular weight is 401 g/mol. The van der Waals surface area contributed by atoms with E-state index in [0.717, 1.165) is 5.75 Å². The van der Waals surface area contributed by atoms with Gasteiger partial charge in [0.25, 0.3) is 11.8 Å². The van der Waals surface area contributed by atoms with Crippen LogP contribution in [0.5, 0.6) is 5.75 Å². The van der Waals surface area contributed by atoms with Crippen molar-refractivity contribution < 1.29 is 14.1 Å². The number of aromatic nitrogens is 4. The third kappa shape index (κ3) is 3.47. The predicted octanol–water partition coefficient (Wildman–Crippen LogP) is 3.14. The van der Waals surface area contributed by atoms with Crippen molar-refractivity contribution in [2.24, 2.45) is 0 Å². The lowest BCUT2D eigenvalue weighted by atomic mass is 9.98. The molecule has 30 heavy (non-hydrogen) atoms. The fourth-order valence-corrected chi connectivity index (χ4v) is 3.42. The highest BCUT2D eigenvalue weighted by Gasteiger charge is 2.36. The number of para-hydroxylation sites is 1. The molecular formula is C22H19N5O3. The number of amides is 1. The van der Waals surface area contributed by atoms with Gasteiger partial charge in [-0.05, 0) is 31.2 Å². The number of nitrogens with zero attached hydrogens (tertiary/aromatic N) is 5. The van der Waals surface area contributed by atoms with Crippen LogP contribution in [0.25, 0.3) is 11.0 Å². The summed E-state index contributed by atoms with van der Waals surface area (Å²) >= 11 is 0. The second kappa shape index (κ2) is 7.55. The number of carbonyl (C=O) groups excluding carboxylic acids is 1. The molecule has 2 aromatic carbocycles. The Labute approximate surface area is 172 Å². The predicted molar refractivity (Wildman–Crippen MR) is 108 cm³/mol. The Bertz CT molecular complexity index is 1190. The molecule has 1 aliphatic heterocycles. The molecule has 1 aliphatic rings. The molecule has 0 radical (unpaired) electrons. The van der Waals surface area contributed by atoms with Gasteiger partial charge in [-0.1, -0.05) is 28.9 Å². The maximum atomic E-state index is 12.9. The topological polar surface area (TPSA) is 94.2 Å². The van der Waals surface area contributed by atoms with E-state index < -0.39 is 0 Å². The van der Waals surface area contributed by atoms with Crippen LogP contribution in [0.2, 0.25) is 0 Å². The Kier molecular flexibility index (Phi) is 4.59. The van der Waals surface area contributed by atoms with Gasteiger partial charge < -0.3 is 14.2 Å². The number of benzene rings is 2. The van der Waals surface area contributed by atoms with Crippen molar-refractivity contribution in [2.75, 3.05) is 13.1 Å². The molecule has 2 aromatic heterocycles. The van der Waals surface area contributed by atoms with Crippen molar-refractivity contribution in [1.82, 2.24) is 25.0 Å². The third-order valence-electron chi connectivity index (χ3n) is 5.13. The Morgan fingerprint density at radius 3 is 2.77 bits per heavy atom. The minimum atomic E-state index is -0.0660. The van der Waals surface area contributed by atoms with Crippen molar-refractivity contribution in [3.05, 3.63) is 77.7 Å². The van der Waals surface area contributed by atoms with E-state index in [-0.39, 0.29) is 18.4 Å². The van der Waals surface area contributed by atoms with Crippen LogP contribution in [-0.4, -0.2) is 44.0 Å². The van der Waals surface area contributed by atoms with E-state index in [1.165, 1.54) is 5.56 Å². The number of ether oxygens (including phenoxy) is 1. The largest absolute Gasteiger partial charge is 0.484 e. The van der Waals surface area contributed by atoms with E-state index in [9.17, 15) is 4.79 Å². The fourth-order valence-electron chi connectivity index (χ4n) is 3.42.